The molecule has 10 nitrogen and oxygen atoms in total. The third kappa shape index (κ3) is 10.0. The van der Waals surface area contributed by atoms with E-state index in [2.05, 4.69) is 21.2 Å². The molecule has 0 heterocycles. The molecule has 0 unspecified atom stereocenters. The Morgan fingerprint density at radius 3 is 2.14 bits per heavy atom. The van der Waals surface area contributed by atoms with Crippen LogP contribution in [0.3, 0.4) is 0 Å². The largest absolute Gasteiger partial charge is 0.494 e. The van der Waals surface area contributed by atoms with Crippen molar-refractivity contribution >= 4 is 43.5 Å². The van der Waals surface area contributed by atoms with Crippen LogP contribution in [0.15, 0.2) is 106 Å². The summed E-state index contributed by atoms with van der Waals surface area (Å²) in [5.41, 5.74) is 1.88. The van der Waals surface area contributed by atoms with Gasteiger partial charge in [0.15, 0.2) is 11.5 Å². The van der Waals surface area contributed by atoms with Gasteiger partial charge in [0, 0.05) is 30.0 Å². The lowest BCUT2D eigenvalue weighted by Crippen LogP contribution is -2.53. The fourth-order valence-electron chi connectivity index (χ4n) is 5.35. The molecule has 0 bridgehead atoms. The number of anilines is 1. The summed E-state index contributed by atoms with van der Waals surface area (Å²) in [6.45, 7) is 4.25. The van der Waals surface area contributed by atoms with Crippen LogP contribution in [0.1, 0.15) is 37.8 Å². The molecule has 0 aliphatic carbocycles. The highest BCUT2D eigenvalue weighted by Gasteiger charge is 2.35. The van der Waals surface area contributed by atoms with Gasteiger partial charge >= 0.3 is 0 Å². The summed E-state index contributed by atoms with van der Waals surface area (Å²) in [5.74, 6) is 0.249. The average Bonchev–Trinajstić information content (AvgIpc) is 3.13. The smallest absolute Gasteiger partial charge is 0.264 e. The van der Waals surface area contributed by atoms with Gasteiger partial charge in [0.05, 0.1) is 31.4 Å². The van der Waals surface area contributed by atoms with E-state index in [1.165, 1.54) is 37.3 Å². The molecule has 0 spiro atoms. The summed E-state index contributed by atoms with van der Waals surface area (Å²) >= 11 is 3.47. The molecule has 0 saturated heterocycles. The number of ether oxygens (including phenoxy) is 3. The van der Waals surface area contributed by atoms with Crippen LogP contribution in [-0.2, 0) is 32.6 Å². The number of halogens is 1. The highest BCUT2D eigenvalue weighted by molar-refractivity contribution is 9.10. The van der Waals surface area contributed by atoms with Gasteiger partial charge in [-0.05, 0) is 73.0 Å². The van der Waals surface area contributed by atoms with Gasteiger partial charge < -0.3 is 24.4 Å². The molecule has 2 amide bonds. The maximum atomic E-state index is 14.7. The molecule has 266 valence electrons. The van der Waals surface area contributed by atoms with Crippen molar-refractivity contribution in [2.24, 2.45) is 0 Å². The van der Waals surface area contributed by atoms with E-state index < -0.39 is 28.5 Å². The fraction of sp³-hybridized carbons (Fsp3) is 0.316. The van der Waals surface area contributed by atoms with E-state index in [9.17, 15) is 18.0 Å². The molecule has 0 radical (unpaired) electrons. The number of amides is 2. The fourth-order valence-corrected chi connectivity index (χ4v) is 7.05. The van der Waals surface area contributed by atoms with Crippen LogP contribution in [0, 0.1) is 0 Å². The predicted octanol–water partition coefficient (Wildman–Crippen LogP) is 6.62. The lowest BCUT2D eigenvalue weighted by Gasteiger charge is -2.34. The molecule has 0 aliphatic rings. The first-order valence-corrected chi connectivity index (χ1v) is 18.7. The molecule has 1 atom stereocenters. The average molecular weight is 767 g/mol. The summed E-state index contributed by atoms with van der Waals surface area (Å²) in [5, 5.41) is 3.01. The van der Waals surface area contributed by atoms with E-state index in [4.69, 9.17) is 14.2 Å². The summed E-state index contributed by atoms with van der Waals surface area (Å²) in [6.07, 6.45) is 1.89. The quantitative estimate of drug-likeness (QED) is 0.113. The summed E-state index contributed by atoms with van der Waals surface area (Å²) in [7, 11) is -1.49. The zero-order valence-electron chi connectivity index (χ0n) is 28.8. The first-order valence-electron chi connectivity index (χ1n) is 16.4. The standard InChI is InChI=1S/C38H44BrN3O7S/c1-5-7-23-40-38(44)34(24-28-11-9-8-10-12-28)41(26-29-13-15-30(39)16-14-29)37(43)27-42(31-17-19-32(20-18-31)49-6-2)50(45,46)33-21-22-35(47-3)36(25-33)48-4/h8-22,25,34H,5-7,23-24,26-27H2,1-4H3,(H,40,44)/t34-/m1/s1. The number of hydrogen-bond donors (Lipinski definition) is 1. The monoisotopic (exact) mass is 765 g/mol. The van der Waals surface area contributed by atoms with E-state index in [1.807, 2.05) is 68.4 Å². The molecule has 4 aromatic carbocycles. The molecular formula is C38H44BrN3O7S. The van der Waals surface area contributed by atoms with Crippen molar-refractivity contribution in [3.05, 3.63) is 113 Å². The number of rotatable bonds is 18. The number of hydrogen-bond acceptors (Lipinski definition) is 7. The van der Waals surface area contributed by atoms with Crippen molar-refractivity contribution in [2.45, 2.75) is 50.6 Å². The summed E-state index contributed by atoms with van der Waals surface area (Å²) < 4.78 is 47.2. The van der Waals surface area contributed by atoms with E-state index >= 15 is 0 Å². The van der Waals surface area contributed by atoms with Crippen molar-refractivity contribution in [1.82, 2.24) is 10.2 Å². The Bertz CT molecular complexity index is 1800. The number of methoxy groups -OCH3 is 2. The lowest BCUT2D eigenvalue weighted by atomic mass is 10.0. The van der Waals surface area contributed by atoms with Crippen molar-refractivity contribution < 1.29 is 32.2 Å². The van der Waals surface area contributed by atoms with Crippen LogP contribution in [-0.4, -0.2) is 65.1 Å². The van der Waals surface area contributed by atoms with E-state index in [-0.39, 0.29) is 35.2 Å². The molecule has 1 N–H and O–H groups in total. The molecule has 50 heavy (non-hydrogen) atoms. The molecular weight excluding hydrogens is 722 g/mol. The molecule has 4 aromatic rings. The molecule has 4 rings (SSSR count). The van der Waals surface area contributed by atoms with Gasteiger partial charge in [0.2, 0.25) is 11.8 Å². The van der Waals surface area contributed by atoms with Gasteiger partial charge in [-0.2, -0.15) is 0 Å². The minimum atomic E-state index is -4.36. The van der Waals surface area contributed by atoms with Crippen molar-refractivity contribution in [2.75, 3.05) is 38.2 Å². The molecule has 0 saturated carbocycles. The molecule has 0 fully saturated rings. The number of nitrogens with one attached hydrogen (secondary N) is 1. The first kappa shape index (κ1) is 38.3. The molecule has 0 aromatic heterocycles. The van der Waals surface area contributed by atoms with Crippen molar-refractivity contribution in [3.63, 3.8) is 0 Å². The summed E-state index contributed by atoms with van der Waals surface area (Å²) in [6, 6.07) is 26.7. The minimum Gasteiger partial charge on any atom is -0.494 e. The predicted molar refractivity (Wildman–Crippen MR) is 198 cm³/mol. The van der Waals surface area contributed by atoms with E-state index in [1.54, 1.807) is 24.3 Å². The maximum Gasteiger partial charge on any atom is 0.264 e. The Labute approximate surface area is 303 Å². The van der Waals surface area contributed by atoms with Crippen molar-refractivity contribution in [3.8, 4) is 17.2 Å². The van der Waals surface area contributed by atoms with Crippen LogP contribution in [0.25, 0.3) is 0 Å². The van der Waals surface area contributed by atoms with E-state index in [0.717, 1.165) is 32.7 Å². The van der Waals surface area contributed by atoms with Gasteiger partial charge in [-0.15, -0.1) is 0 Å². The Hall–Kier alpha value is -4.55. The molecule has 12 heteroatoms. The maximum absolute atomic E-state index is 14.7. The highest BCUT2D eigenvalue weighted by atomic mass is 79.9. The van der Waals surface area contributed by atoms with Gasteiger partial charge in [0.1, 0.15) is 18.3 Å². The van der Waals surface area contributed by atoms with Gasteiger partial charge in [-0.1, -0.05) is 71.7 Å². The van der Waals surface area contributed by atoms with Crippen LogP contribution < -0.4 is 23.8 Å². The molecule has 0 aliphatic heterocycles. The van der Waals surface area contributed by atoms with Crippen LogP contribution in [0.4, 0.5) is 5.69 Å². The summed E-state index contributed by atoms with van der Waals surface area (Å²) in [4.78, 5) is 30.0. The second kappa shape index (κ2) is 18.4. The van der Waals surface area contributed by atoms with Crippen LogP contribution in [0.5, 0.6) is 17.2 Å². The zero-order valence-corrected chi connectivity index (χ0v) is 31.2. The lowest BCUT2D eigenvalue weighted by molar-refractivity contribution is -0.140. The topological polar surface area (TPSA) is 114 Å². The Balaban J connectivity index is 1.82. The zero-order chi connectivity index (χ0) is 36.1. The normalized spacial score (nSPS) is 11.7. The minimum absolute atomic E-state index is 0.0678. The number of carbonyl (C=O) groups excluding carboxylic acids is 2. The number of benzene rings is 4. The number of unbranched alkanes of at least 4 members (excludes halogenated alkanes) is 1. The van der Waals surface area contributed by atoms with Gasteiger partial charge in [-0.25, -0.2) is 8.42 Å². The van der Waals surface area contributed by atoms with E-state index in [0.29, 0.717) is 24.7 Å². The second-order valence-corrected chi connectivity index (χ2v) is 14.2. The van der Waals surface area contributed by atoms with Crippen molar-refractivity contribution in [1.29, 1.82) is 0 Å². The third-order valence-electron chi connectivity index (χ3n) is 8.02. The van der Waals surface area contributed by atoms with Crippen LogP contribution >= 0.6 is 15.9 Å². The highest BCUT2D eigenvalue weighted by Crippen LogP contribution is 2.33. The third-order valence-corrected chi connectivity index (χ3v) is 10.3. The Kier molecular flexibility index (Phi) is 14.1. The number of sulfonamides is 1. The Morgan fingerprint density at radius 2 is 1.52 bits per heavy atom. The number of carbonyl (C=O) groups is 2. The SMILES string of the molecule is CCCCNC(=O)[C@@H](Cc1ccccc1)N(Cc1ccc(Br)cc1)C(=O)CN(c1ccc(OCC)cc1)S(=O)(=O)c1ccc(OC)c(OC)c1. The van der Waals surface area contributed by atoms with Gasteiger partial charge in [-0.3, -0.25) is 13.9 Å². The Morgan fingerprint density at radius 1 is 0.840 bits per heavy atom. The van der Waals surface area contributed by atoms with Crippen LogP contribution in [0.2, 0.25) is 0 Å². The second-order valence-electron chi connectivity index (χ2n) is 11.5. The van der Waals surface area contributed by atoms with Gasteiger partial charge in [0.25, 0.3) is 10.0 Å². The number of nitrogens with zero attached hydrogens (tertiary/aromatic N) is 2. The first-order chi connectivity index (χ1) is 24.1.